The number of fused-ring (bicyclic) bond motifs is 1. The molecular formula is C11H18O4. The quantitative estimate of drug-likeness (QED) is 0.661. The summed E-state index contributed by atoms with van der Waals surface area (Å²) >= 11 is 0. The molecule has 15 heavy (non-hydrogen) atoms. The number of hydrogen-bond donors (Lipinski definition) is 0. The molecule has 3 atom stereocenters. The van der Waals surface area contributed by atoms with Gasteiger partial charge in [0.15, 0.2) is 5.79 Å². The molecule has 0 aromatic heterocycles. The maximum atomic E-state index is 11.3. The molecule has 1 aliphatic carbocycles. The number of carbonyl (C=O) groups excluding carboxylic acids is 1. The number of ether oxygens (including phenoxy) is 3. The molecule has 86 valence electrons. The third kappa shape index (κ3) is 1.71. The van der Waals surface area contributed by atoms with Gasteiger partial charge >= 0.3 is 0 Å². The Balaban J connectivity index is 2.19. The third-order valence-electron chi connectivity index (χ3n) is 3.29. The molecule has 2 fully saturated rings. The second-order valence-corrected chi connectivity index (χ2v) is 4.92. The van der Waals surface area contributed by atoms with Crippen molar-refractivity contribution in [1.82, 2.24) is 0 Å². The summed E-state index contributed by atoms with van der Waals surface area (Å²) in [5, 5.41) is 0. The zero-order valence-electron chi connectivity index (χ0n) is 9.49. The lowest BCUT2D eigenvalue weighted by molar-refractivity contribution is -0.170. The molecule has 2 aliphatic rings. The van der Waals surface area contributed by atoms with Crippen LogP contribution in [0.5, 0.6) is 0 Å². The van der Waals surface area contributed by atoms with Gasteiger partial charge in [-0.15, -0.1) is 0 Å². The van der Waals surface area contributed by atoms with Gasteiger partial charge in [-0.25, -0.2) is 0 Å². The van der Waals surface area contributed by atoms with E-state index in [2.05, 4.69) is 0 Å². The molecule has 0 unspecified atom stereocenters. The number of methoxy groups -OCH3 is 1. The summed E-state index contributed by atoms with van der Waals surface area (Å²) in [7, 11) is 1.61. The van der Waals surface area contributed by atoms with Crippen molar-refractivity contribution in [1.29, 1.82) is 0 Å². The van der Waals surface area contributed by atoms with Crippen molar-refractivity contribution >= 4 is 6.29 Å². The van der Waals surface area contributed by atoms with Crippen LogP contribution in [0.1, 0.15) is 26.7 Å². The Bertz CT molecular complexity index is 259. The summed E-state index contributed by atoms with van der Waals surface area (Å²) in [6, 6.07) is 0. The van der Waals surface area contributed by atoms with E-state index < -0.39 is 11.2 Å². The Morgan fingerprint density at radius 3 is 2.80 bits per heavy atom. The number of hydrogen-bond acceptors (Lipinski definition) is 4. The van der Waals surface area contributed by atoms with Gasteiger partial charge in [0.05, 0.1) is 18.1 Å². The van der Waals surface area contributed by atoms with Gasteiger partial charge in [-0.05, 0) is 26.7 Å². The summed E-state index contributed by atoms with van der Waals surface area (Å²) in [5.41, 5.74) is -0.507. The Morgan fingerprint density at radius 1 is 1.47 bits per heavy atom. The van der Waals surface area contributed by atoms with Crippen LogP contribution in [0.25, 0.3) is 0 Å². The van der Waals surface area contributed by atoms with Crippen molar-refractivity contribution in [3.05, 3.63) is 0 Å². The third-order valence-corrected chi connectivity index (χ3v) is 3.29. The fraction of sp³-hybridized carbons (Fsp3) is 0.909. The first kappa shape index (κ1) is 11.0. The molecule has 0 bridgehead atoms. The van der Waals surface area contributed by atoms with E-state index in [0.717, 1.165) is 19.1 Å². The maximum Gasteiger partial charge on any atom is 0.163 e. The van der Waals surface area contributed by atoms with E-state index in [1.165, 1.54) is 0 Å². The maximum absolute atomic E-state index is 11.3. The fourth-order valence-corrected chi connectivity index (χ4v) is 2.67. The molecule has 4 heteroatoms. The van der Waals surface area contributed by atoms with E-state index in [1.807, 2.05) is 13.8 Å². The van der Waals surface area contributed by atoms with Gasteiger partial charge < -0.3 is 19.0 Å². The predicted molar refractivity (Wildman–Crippen MR) is 53.4 cm³/mol. The minimum Gasteiger partial charge on any atom is -0.384 e. The SMILES string of the molecule is COC[C@]1(C=O)CC[C@@H]2OC(C)(C)O[C@@H]21. The Morgan fingerprint density at radius 2 is 2.20 bits per heavy atom. The molecule has 0 aromatic rings. The average Bonchev–Trinajstić information content (AvgIpc) is 2.62. The topological polar surface area (TPSA) is 44.8 Å². The van der Waals surface area contributed by atoms with Crippen molar-refractivity contribution in [2.75, 3.05) is 13.7 Å². The van der Waals surface area contributed by atoms with E-state index in [1.54, 1.807) is 7.11 Å². The number of aldehydes is 1. The first-order chi connectivity index (χ1) is 7.03. The van der Waals surface area contributed by atoms with Crippen LogP contribution >= 0.6 is 0 Å². The van der Waals surface area contributed by atoms with E-state index >= 15 is 0 Å². The molecule has 1 saturated heterocycles. The largest absolute Gasteiger partial charge is 0.384 e. The van der Waals surface area contributed by atoms with Crippen LogP contribution in [-0.4, -0.2) is 38.0 Å². The summed E-state index contributed by atoms with van der Waals surface area (Å²) < 4.78 is 16.7. The van der Waals surface area contributed by atoms with Crippen LogP contribution in [0, 0.1) is 5.41 Å². The van der Waals surface area contributed by atoms with Crippen LogP contribution in [0.4, 0.5) is 0 Å². The summed E-state index contributed by atoms with van der Waals surface area (Å²) in [6.45, 7) is 4.18. The lowest BCUT2D eigenvalue weighted by Gasteiger charge is -2.28. The predicted octanol–water partition coefficient (Wildman–Crippen LogP) is 1.13. The lowest BCUT2D eigenvalue weighted by atomic mass is 9.86. The first-order valence-electron chi connectivity index (χ1n) is 5.34. The van der Waals surface area contributed by atoms with Crippen LogP contribution in [-0.2, 0) is 19.0 Å². The highest BCUT2D eigenvalue weighted by Gasteiger charge is 2.57. The van der Waals surface area contributed by atoms with Crippen molar-refractivity contribution in [2.45, 2.75) is 44.7 Å². The van der Waals surface area contributed by atoms with E-state index in [-0.39, 0.29) is 12.2 Å². The summed E-state index contributed by atoms with van der Waals surface area (Å²) in [5.74, 6) is -0.572. The number of carbonyl (C=O) groups is 1. The van der Waals surface area contributed by atoms with Gasteiger partial charge in [-0.3, -0.25) is 0 Å². The van der Waals surface area contributed by atoms with Crippen molar-refractivity contribution in [2.24, 2.45) is 5.41 Å². The summed E-state index contributed by atoms with van der Waals surface area (Å²) in [4.78, 5) is 11.3. The summed E-state index contributed by atoms with van der Waals surface area (Å²) in [6.07, 6.45) is 2.53. The van der Waals surface area contributed by atoms with Gasteiger partial charge in [0.2, 0.25) is 0 Å². The highest BCUT2D eigenvalue weighted by atomic mass is 16.8. The molecule has 0 aromatic carbocycles. The average molecular weight is 214 g/mol. The van der Waals surface area contributed by atoms with Crippen molar-refractivity contribution < 1.29 is 19.0 Å². The minimum absolute atomic E-state index is 0.0420. The monoisotopic (exact) mass is 214 g/mol. The van der Waals surface area contributed by atoms with Crippen LogP contribution in [0.2, 0.25) is 0 Å². The zero-order chi connectivity index (χ0) is 11.1. The van der Waals surface area contributed by atoms with Gasteiger partial charge in [0.25, 0.3) is 0 Å². The van der Waals surface area contributed by atoms with Gasteiger partial charge in [-0.2, -0.15) is 0 Å². The van der Waals surface area contributed by atoms with Gasteiger partial charge in [-0.1, -0.05) is 0 Å². The number of rotatable bonds is 3. The molecule has 1 aliphatic heterocycles. The fourth-order valence-electron chi connectivity index (χ4n) is 2.67. The molecule has 2 rings (SSSR count). The van der Waals surface area contributed by atoms with E-state index in [4.69, 9.17) is 14.2 Å². The highest BCUT2D eigenvalue weighted by Crippen LogP contribution is 2.47. The lowest BCUT2D eigenvalue weighted by Crippen LogP contribution is -2.40. The van der Waals surface area contributed by atoms with Gasteiger partial charge in [0, 0.05) is 7.11 Å². The second-order valence-electron chi connectivity index (χ2n) is 4.92. The van der Waals surface area contributed by atoms with Crippen molar-refractivity contribution in [3.63, 3.8) is 0 Å². The first-order valence-corrected chi connectivity index (χ1v) is 5.34. The molecule has 0 amide bonds. The zero-order valence-corrected chi connectivity index (χ0v) is 9.49. The smallest absolute Gasteiger partial charge is 0.163 e. The molecule has 0 spiro atoms. The Kier molecular flexibility index (Phi) is 2.61. The highest BCUT2D eigenvalue weighted by molar-refractivity contribution is 5.62. The molecule has 0 radical (unpaired) electrons. The molecule has 1 heterocycles. The van der Waals surface area contributed by atoms with Crippen molar-refractivity contribution in [3.8, 4) is 0 Å². The van der Waals surface area contributed by atoms with Crippen LogP contribution in [0.15, 0.2) is 0 Å². The molecular weight excluding hydrogens is 196 g/mol. The normalized spacial score (nSPS) is 42.9. The Labute approximate surface area is 89.9 Å². The molecule has 1 saturated carbocycles. The van der Waals surface area contributed by atoms with Gasteiger partial charge in [0.1, 0.15) is 12.4 Å². The van der Waals surface area contributed by atoms with E-state index in [0.29, 0.717) is 6.61 Å². The standard InChI is InChI=1S/C11H18O4/c1-10(2)14-8-4-5-11(6-12,7-13-3)9(8)15-10/h6,8-9H,4-5,7H2,1-3H3/t8-,9-,11+/m0/s1. The Hall–Kier alpha value is -0.450. The van der Waals surface area contributed by atoms with Crippen LogP contribution < -0.4 is 0 Å². The van der Waals surface area contributed by atoms with Crippen LogP contribution in [0.3, 0.4) is 0 Å². The molecule has 4 nitrogen and oxygen atoms in total. The minimum atomic E-state index is -0.572. The molecule has 0 N–H and O–H groups in total. The van der Waals surface area contributed by atoms with E-state index in [9.17, 15) is 4.79 Å². The second kappa shape index (κ2) is 3.54.